The summed E-state index contributed by atoms with van der Waals surface area (Å²) in [5.41, 5.74) is 2.62. The van der Waals surface area contributed by atoms with Crippen molar-refractivity contribution in [3.8, 4) is 11.5 Å². The van der Waals surface area contributed by atoms with Gasteiger partial charge in [0.15, 0.2) is 11.5 Å². The van der Waals surface area contributed by atoms with Gasteiger partial charge >= 0.3 is 0 Å². The number of rotatable bonds is 4. The van der Waals surface area contributed by atoms with E-state index in [2.05, 4.69) is 31.2 Å². The highest BCUT2D eigenvalue weighted by Gasteiger charge is 2.10. The number of para-hydroxylation sites is 1. The first kappa shape index (κ1) is 13.8. The maximum atomic E-state index is 5.29. The lowest BCUT2D eigenvalue weighted by atomic mass is 10.3. The summed E-state index contributed by atoms with van der Waals surface area (Å²) in [6.45, 7) is 0. The number of aromatic amines is 1. The van der Waals surface area contributed by atoms with Crippen LogP contribution in [0.5, 0.6) is 11.5 Å². The van der Waals surface area contributed by atoms with Gasteiger partial charge in [-0.3, -0.25) is 0 Å². The van der Waals surface area contributed by atoms with Crippen LogP contribution in [0.1, 0.15) is 0 Å². The Kier molecular flexibility index (Phi) is 3.70. The Hall–Kier alpha value is -2.21. The average Bonchev–Trinajstić information content (AvgIpc) is 2.89. The molecule has 0 spiro atoms. The summed E-state index contributed by atoms with van der Waals surface area (Å²) in [6, 6.07) is 11.6. The van der Waals surface area contributed by atoms with Crippen LogP contribution in [0.25, 0.3) is 11.0 Å². The standard InChI is InChI=1S/C15H14BrN3O2/c1-20-13-7-11-12(8-14(13)21-2)19-15(18-11)17-10-6-4-3-5-9(10)16/h3-8H,1-2H3,(H2,17,18,19). The Morgan fingerprint density at radius 1 is 1.10 bits per heavy atom. The second-order valence-corrected chi connectivity index (χ2v) is 5.27. The van der Waals surface area contributed by atoms with E-state index >= 15 is 0 Å². The molecule has 2 aromatic carbocycles. The Morgan fingerprint density at radius 3 is 2.52 bits per heavy atom. The Bertz CT molecular complexity index is 745. The van der Waals surface area contributed by atoms with Gasteiger partial charge < -0.3 is 19.8 Å². The van der Waals surface area contributed by atoms with Gasteiger partial charge in [0.1, 0.15) is 0 Å². The molecule has 0 atom stereocenters. The number of hydrogen-bond donors (Lipinski definition) is 2. The van der Waals surface area contributed by atoms with E-state index in [-0.39, 0.29) is 0 Å². The largest absolute Gasteiger partial charge is 0.493 e. The first-order chi connectivity index (χ1) is 10.2. The van der Waals surface area contributed by atoms with E-state index in [4.69, 9.17) is 9.47 Å². The van der Waals surface area contributed by atoms with Gasteiger partial charge in [-0.2, -0.15) is 0 Å². The Balaban J connectivity index is 1.99. The molecule has 0 saturated heterocycles. The highest BCUT2D eigenvalue weighted by Crippen LogP contribution is 2.32. The molecule has 2 N–H and O–H groups in total. The fourth-order valence-corrected chi connectivity index (χ4v) is 2.47. The first-order valence-corrected chi connectivity index (χ1v) is 7.14. The Morgan fingerprint density at radius 2 is 1.81 bits per heavy atom. The van der Waals surface area contributed by atoms with Gasteiger partial charge in [0.25, 0.3) is 0 Å². The normalized spacial score (nSPS) is 10.6. The van der Waals surface area contributed by atoms with Crippen LogP contribution in [0, 0.1) is 0 Å². The van der Waals surface area contributed by atoms with E-state index in [1.165, 1.54) is 0 Å². The third-order valence-electron chi connectivity index (χ3n) is 3.11. The lowest BCUT2D eigenvalue weighted by Crippen LogP contribution is -1.92. The van der Waals surface area contributed by atoms with Gasteiger partial charge in [0.05, 0.1) is 30.9 Å². The molecule has 3 aromatic rings. The fourth-order valence-electron chi connectivity index (χ4n) is 2.09. The molecule has 1 aromatic heterocycles. The minimum Gasteiger partial charge on any atom is -0.493 e. The number of nitrogens with one attached hydrogen (secondary N) is 2. The van der Waals surface area contributed by atoms with Crippen molar-refractivity contribution in [1.29, 1.82) is 0 Å². The summed E-state index contributed by atoms with van der Waals surface area (Å²) in [5, 5.41) is 3.24. The van der Waals surface area contributed by atoms with Gasteiger partial charge in [-0.15, -0.1) is 0 Å². The molecular formula is C15H14BrN3O2. The minimum absolute atomic E-state index is 0.656. The van der Waals surface area contributed by atoms with Crippen LogP contribution >= 0.6 is 15.9 Å². The second-order valence-electron chi connectivity index (χ2n) is 4.41. The van der Waals surface area contributed by atoms with Crippen molar-refractivity contribution in [2.75, 3.05) is 19.5 Å². The van der Waals surface area contributed by atoms with E-state index in [1.807, 2.05) is 36.4 Å². The van der Waals surface area contributed by atoms with Crippen LogP contribution in [0.15, 0.2) is 40.9 Å². The SMILES string of the molecule is COc1cc2nc(Nc3ccccc3Br)[nH]c2cc1OC. The van der Waals surface area contributed by atoms with Gasteiger partial charge in [0, 0.05) is 16.6 Å². The number of nitrogens with zero attached hydrogens (tertiary/aromatic N) is 1. The molecule has 0 radical (unpaired) electrons. The molecule has 0 amide bonds. The molecule has 5 nitrogen and oxygen atoms in total. The maximum Gasteiger partial charge on any atom is 0.205 e. The molecule has 3 rings (SSSR count). The van der Waals surface area contributed by atoms with Crippen LogP contribution in [-0.2, 0) is 0 Å². The number of H-pyrrole nitrogens is 1. The number of benzene rings is 2. The van der Waals surface area contributed by atoms with Crippen molar-refractivity contribution in [3.05, 3.63) is 40.9 Å². The fraction of sp³-hybridized carbons (Fsp3) is 0.133. The molecule has 0 bridgehead atoms. The second kappa shape index (κ2) is 5.65. The quantitative estimate of drug-likeness (QED) is 0.746. The average molecular weight is 348 g/mol. The molecule has 6 heteroatoms. The molecule has 21 heavy (non-hydrogen) atoms. The van der Waals surface area contributed by atoms with E-state index < -0.39 is 0 Å². The number of ether oxygens (including phenoxy) is 2. The molecule has 0 aliphatic carbocycles. The molecule has 108 valence electrons. The van der Waals surface area contributed by atoms with E-state index in [0.29, 0.717) is 17.4 Å². The third kappa shape index (κ3) is 2.67. The maximum absolute atomic E-state index is 5.29. The van der Waals surface area contributed by atoms with Gasteiger partial charge in [-0.25, -0.2) is 4.98 Å². The predicted octanol–water partition coefficient (Wildman–Crippen LogP) is 4.09. The van der Waals surface area contributed by atoms with Crippen LogP contribution in [0.2, 0.25) is 0 Å². The van der Waals surface area contributed by atoms with Gasteiger partial charge in [0.2, 0.25) is 5.95 Å². The molecule has 0 saturated carbocycles. The zero-order valence-corrected chi connectivity index (χ0v) is 13.2. The smallest absolute Gasteiger partial charge is 0.205 e. The number of anilines is 2. The predicted molar refractivity (Wildman–Crippen MR) is 86.6 cm³/mol. The number of methoxy groups -OCH3 is 2. The van der Waals surface area contributed by atoms with Crippen LogP contribution in [0.3, 0.4) is 0 Å². The first-order valence-electron chi connectivity index (χ1n) is 6.34. The van der Waals surface area contributed by atoms with E-state index in [1.54, 1.807) is 14.2 Å². The van der Waals surface area contributed by atoms with Crippen molar-refractivity contribution in [2.24, 2.45) is 0 Å². The van der Waals surface area contributed by atoms with Crippen molar-refractivity contribution >= 4 is 38.6 Å². The Labute approximate surface area is 130 Å². The van der Waals surface area contributed by atoms with Crippen molar-refractivity contribution in [2.45, 2.75) is 0 Å². The zero-order chi connectivity index (χ0) is 14.8. The highest BCUT2D eigenvalue weighted by molar-refractivity contribution is 9.10. The van der Waals surface area contributed by atoms with Gasteiger partial charge in [-0.05, 0) is 28.1 Å². The molecule has 0 aliphatic heterocycles. The van der Waals surface area contributed by atoms with Crippen LogP contribution in [0.4, 0.5) is 11.6 Å². The third-order valence-corrected chi connectivity index (χ3v) is 3.81. The van der Waals surface area contributed by atoms with E-state index in [9.17, 15) is 0 Å². The van der Waals surface area contributed by atoms with Crippen LogP contribution in [-0.4, -0.2) is 24.2 Å². The molecular weight excluding hydrogens is 334 g/mol. The molecule has 0 aliphatic rings. The lowest BCUT2D eigenvalue weighted by molar-refractivity contribution is 0.356. The zero-order valence-electron chi connectivity index (χ0n) is 11.6. The summed E-state index contributed by atoms with van der Waals surface area (Å²) in [6.07, 6.45) is 0. The topological polar surface area (TPSA) is 59.2 Å². The minimum atomic E-state index is 0.656. The van der Waals surface area contributed by atoms with Gasteiger partial charge in [-0.1, -0.05) is 12.1 Å². The summed E-state index contributed by atoms with van der Waals surface area (Å²) >= 11 is 3.50. The molecule has 0 fully saturated rings. The number of fused-ring (bicyclic) bond motifs is 1. The number of imidazole rings is 1. The number of halogens is 1. The number of hydrogen-bond acceptors (Lipinski definition) is 4. The van der Waals surface area contributed by atoms with Crippen molar-refractivity contribution in [1.82, 2.24) is 9.97 Å². The van der Waals surface area contributed by atoms with Crippen molar-refractivity contribution < 1.29 is 9.47 Å². The summed E-state index contributed by atoms with van der Waals surface area (Å²) in [5.74, 6) is 1.98. The lowest BCUT2D eigenvalue weighted by Gasteiger charge is -2.06. The summed E-state index contributed by atoms with van der Waals surface area (Å²) < 4.78 is 11.5. The number of aromatic nitrogens is 2. The monoisotopic (exact) mass is 347 g/mol. The van der Waals surface area contributed by atoms with Crippen molar-refractivity contribution in [3.63, 3.8) is 0 Å². The van der Waals surface area contributed by atoms with E-state index in [0.717, 1.165) is 21.2 Å². The highest BCUT2D eigenvalue weighted by atomic mass is 79.9. The summed E-state index contributed by atoms with van der Waals surface area (Å²) in [4.78, 5) is 7.73. The summed E-state index contributed by atoms with van der Waals surface area (Å²) in [7, 11) is 3.22. The molecule has 1 heterocycles. The molecule has 0 unspecified atom stereocenters. The van der Waals surface area contributed by atoms with Crippen LogP contribution < -0.4 is 14.8 Å².